The SMILES string of the molecule is c1ccc(N(c2ccccc2)c2cccc(N(c3ccccc3)c3ccccc3)c2-c2ccc3c(-c4ccc5c(c4)oc4ccccc45)cccc3c2)cc1. The first-order chi connectivity index (χ1) is 27.3. The van der Waals surface area contributed by atoms with Crippen LogP contribution in [0.5, 0.6) is 0 Å². The first kappa shape index (κ1) is 32.3. The molecule has 1 aromatic heterocycles. The molecule has 0 aliphatic rings. The van der Waals surface area contributed by atoms with Crippen LogP contribution in [-0.4, -0.2) is 0 Å². The van der Waals surface area contributed by atoms with Crippen molar-refractivity contribution in [3.05, 3.63) is 218 Å². The minimum atomic E-state index is 0.898. The lowest BCUT2D eigenvalue weighted by Gasteiger charge is -2.33. The van der Waals surface area contributed by atoms with Crippen molar-refractivity contribution in [3.8, 4) is 22.3 Å². The molecule has 0 spiro atoms. The van der Waals surface area contributed by atoms with Gasteiger partial charge in [-0.25, -0.2) is 0 Å². The van der Waals surface area contributed by atoms with E-state index in [9.17, 15) is 0 Å². The van der Waals surface area contributed by atoms with Crippen LogP contribution in [0.3, 0.4) is 0 Å². The van der Waals surface area contributed by atoms with E-state index in [2.05, 4.69) is 216 Å². The van der Waals surface area contributed by atoms with Crippen LogP contribution >= 0.6 is 0 Å². The quantitative estimate of drug-likeness (QED) is 0.157. The molecular weight excluding hydrogens is 669 g/mol. The summed E-state index contributed by atoms with van der Waals surface area (Å²) in [6.45, 7) is 0. The van der Waals surface area contributed by atoms with Gasteiger partial charge in [-0.1, -0.05) is 133 Å². The van der Waals surface area contributed by atoms with E-state index in [1.807, 2.05) is 12.1 Å². The second-order valence-corrected chi connectivity index (χ2v) is 13.7. The Bertz CT molecular complexity index is 2740. The van der Waals surface area contributed by atoms with Gasteiger partial charge in [0.15, 0.2) is 0 Å². The molecule has 0 atom stereocenters. The van der Waals surface area contributed by atoms with Crippen molar-refractivity contribution in [3.63, 3.8) is 0 Å². The van der Waals surface area contributed by atoms with Crippen LogP contribution in [0.25, 0.3) is 55.0 Å². The second-order valence-electron chi connectivity index (χ2n) is 13.7. The van der Waals surface area contributed by atoms with Gasteiger partial charge < -0.3 is 14.2 Å². The highest BCUT2D eigenvalue weighted by Gasteiger charge is 2.24. The Hall–Kier alpha value is -7.36. The number of rotatable bonds is 8. The molecule has 0 aliphatic heterocycles. The first-order valence-electron chi connectivity index (χ1n) is 18.7. The minimum absolute atomic E-state index is 0.898. The molecule has 0 saturated heterocycles. The van der Waals surface area contributed by atoms with E-state index < -0.39 is 0 Å². The number of nitrogens with zero attached hydrogens (tertiary/aromatic N) is 2. The molecule has 0 N–H and O–H groups in total. The van der Waals surface area contributed by atoms with E-state index in [1.54, 1.807) is 0 Å². The highest BCUT2D eigenvalue weighted by molar-refractivity contribution is 6.08. The van der Waals surface area contributed by atoms with Crippen molar-refractivity contribution in [2.75, 3.05) is 9.80 Å². The monoisotopic (exact) mass is 704 g/mol. The molecule has 0 saturated carbocycles. The molecule has 3 nitrogen and oxygen atoms in total. The molecule has 0 bridgehead atoms. The molecule has 0 unspecified atom stereocenters. The molecule has 0 radical (unpaired) electrons. The van der Waals surface area contributed by atoms with Crippen LogP contribution in [0.2, 0.25) is 0 Å². The first-order valence-corrected chi connectivity index (χ1v) is 18.7. The minimum Gasteiger partial charge on any atom is -0.456 e. The van der Waals surface area contributed by atoms with Gasteiger partial charge in [0.2, 0.25) is 0 Å². The summed E-state index contributed by atoms with van der Waals surface area (Å²) in [7, 11) is 0. The van der Waals surface area contributed by atoms with Crippen LogP contribution in [0, 0.1) is 0 Å². The number of hydrogen-bond donors (Lipinski definition) is 0. The van der Waals surface area contributed by atoms with Gasteiger partial charge in [-0.2, -0.15) is 0 Å². The summed E-state index contributed by atoms with van der Waals surface area (Å²) in [6.07, 6.45) is 0. The van der Waals surface area contributed by atoms with Gasteiger partial charge in [-0.05, 0) is 112 Å². The molecule has 9 aromatic carbocycles. The largest absolute Gasteiger partial charge is 0.456 e. The zero-order chi connectivity index (χ0) is 36.6. The molecule has 1 heterocycles. The Morgan fingerprint density at radius 3 is 1.36 bits per heavy atom. The summed E-state index contributed by atoms with van der Waals surface area (Å²) >= 11 is 0. The fraction of sp³-hybridized carbons (Fsp3) is 0. The molecule has 3 heteroatoms. The number of benzene rings is 9. The van der Waals surface area contributed by atoms with E-state index in [4.69, 9.17) is 4.42 Å². The van der Waals surface area contributed by atoms with Crippen molar-refractivity contribution in [1.82, 2.24) is 0 Å². The van der Waals surface area contributed by atoms with Crippen LogP contribution in [0.15, 0.2) is 223 Å². The van der Waals surface area contributed by atoms with Gasteiger partial charge in [0.1, 0.15) is 11.2 Å². The third kappa shape index (κ3) is 5.89. The fourth-order valence-electron chi connectivity index (χ4n) is 7.94. The highest BCUT2D eigenvalue weighted by atomic mass is 16.3. The highest BCUT2D eigenvalue weighted by Crippen LogP contribution is 2.49. The molecule has 55 heavy (non-hydrogen) atoms. The molecule has 0 aliphatic carbocycles. The average molecular weight is 705 g/mol. The van der Waals surface area contributed by atoms with E-state index in [1.165, 1.54) is 10.9 Å². The molecule has 10 aromatic rings. The van der Waals surface area contributed by atoms with Crippen molar-refractivity contribution in [2.45, 2.75) is 0 Å². The number of fused-ring (bicyclic) bond motifs is 4. The van der Waals surface area contributed by atoms with Crippen LogP contribution < -0.4 is 9.80 Å². The maximum atomic E-state index is 6.31. The van der Waals surface area contributed by atoms with E-state index in [0.29, 0.717) is 0 Å². The zero-order valence-electron chi connectivity index (χ0n) is 30.1. The summed E-state index contributed by atoms with van der Waals surface area (Å²) in [6, 6.07) is 77.6. The van der Waals surface area contributed by atoms with Gasteiger partial charge in [0.25, 0.3) is 0 Å². The summed E-state index contributed by atoms with van der Waals surface area (Å²) in [5, 5.41) is 4.62. The topological polar surface area (TPSA) is 19.6 Å². The Labute approximate surface area is 320 Å². The predicted molar refractivity (Wildman–Crippen MR) is 231 cm³/mol. The second kappa shape index (κ2) is 13.9. The fourth-order valence-corrected chi connectivity index (χ4v) is 7.94. The summed E-state index contributed by atoms with van der Waals surface area (Å²) in [5.41, 5.74) is 12.9. The number of para-hydroxylation sites is 5. The maximum absolute atomic E-state index is 6.31. The summed E-state index contributed by atoms with van der Waals surface area (Å²) < 4.78 is 6.31. The smallest absolute Gasteiger partial charge is 0.136 e. The Morgan fingerprint density at radius 1 is 0.309 bits per heavy atom. The van der Waals surface area contributed by atoms with E-state index in [-0.39, 0.29) is 0 Å². The van der Waals surface area contributed by atoms with Gasteiger partial charge >= 0.3 is 0 Å². The lowest BCUT2D eigenvalue weighted by atomic mass is 9.92. The van der Waals surface area contributed by atoms with E-state index >= 15 is 0 Å². The van der Waals surface area contributed by atoms with Crippen molar-refractivity contribution in [2.24, 2.45) is 0 Å². The predicted octanol–water partition coefficient (Wildman–Crippen LogP) is 15.0. The van der Waals surface area contributed by atoms with Gasteiger partial charge in [-0.3, -0.25) is 0 Å². The average Bonchev–Trinajstić information content (AvgIpc) is 3.63. The van der Waals surface area contributed by atoms with E-state index in [0.717, 1.165) is 78.1 Å². The Morgan fingerprint density at radius 2 is 0.782 bits per heavy atom. The lowest BCUT2D eigenvalue weighted by Crippen LogP contribution is -2.15. The molecule has 0 amide bonds. The van der Waals surface area contributed by atoms with Crippen LogP contribution in [0.1, 0.15) is 0 Å². The van der Waals surface area contributed by atoms with Gasteiger partial charge in [-0.15, -0.1) is 0 Å². The molecule has 10 rings (SSSR count). The number of anilines is 6. The molecule has 0 fully saturated rings. The number of hydrogen-bond acceptors (Lipinski definition) is 3. The Balaban J connectivity index is 1.21. The maximum Gasteiger partial charge on any atom is 0.136 e. The third-order valence-electron chi connectivity index (χ3n) is 10.4. The Kier molecular flexibility index (Phi) is 8.16. The zero-order valence-corrected chi connectivity index (χ0v) is 30.1. The van der Waals surface area contributed by atoms with Gasteiger partial charge in [0, 0.05) is 39.1 Å². The number of furan rings is 1. The van der Waals surface area contributed by atoms with Crippen LogP contribution in [-0.2, 0) is 0 Å². The lowest BCUT2D eigenvalue weighted by molar-refractivity contribution is 0.669. The van der Waals surface area contributed by atoms with Crippen molar-refractivity contribution in [1.29, 1.82) is 0 Å². The molecular formula is C52H36N2O. The molecule has 260 valence electrons. The van der Waals surface area contributed by atoms with Crippen LogP contribution in [0.4, 0.5) is 34.1 Å². The van der Waals surface area contributed by atoms with Gasteiger partial charge in [0.05, 0.1) is 11.4 Å². The van der Waals surface area contributed by atoms with Crippen molar-refractivity contribution >= 4 is 66.8 Å². The summed E-state index contributed by atoms with van der Waals surface area (Å²) in [5.74, 6) is 0. The third-order valence-corrected chi connectivity index (χ3v) is 10.4. The summed E-state index contributed by atoms with van der Waals surface area (Å²) in [4.78, 5) is 4.74. The normalized spacial score (nSPS) is 11.3. The van der Waals surface area contributed by atoms with Crippen molar-refractivity contribution < 1.29 is 4.42 Å². The standard InChI is InChI=1S/C52H36N2O/c1-5-18-40(19-6-1)53(41-20-7-2-8-21-41)48-28-16-29-49(54(42-22-9-3-10-23-42)43-24-11-4-12-25-43)52(48)39-32-33-45-37(35-39)17-15-27-44(45)38-31-34-47-46-26-13-14-30-50(46)55-51(47)36-38/h1-36H.